The normalized spacial score (nSPS) is 20.8. The first-order chi connectivity index (χ1) is 67.7. The molecular formula is C117H210ClN7O16S6-4. The zero-order valence-corrected chi connectivity index (χ0v) is 103. The minimum Gasteiger partial charge on any atom is -0.772 e. The van der Waals surface area contributed by atoms with E-state index in [1.54, 1.807) is 111 Å². The number of thiol groups is 1. The molecule has 4 unspecified atom stereocenters. The van der Waals surface area contributed by atoms with Crippen LogP contribution in [0.3, 0.4) is 0 Å². The van der Waals surface area contributed by atoms with Crippen LogP contribution in [0.4, 0.5) is 17.3 Å². The number of amides is 1. The predicted molar refractivity (Wildman–Crippen MR) is 630 cm³/mol. The Labute approximate surface area is 918 Å². The summed E-state index contributed by atoms with van der Waals surface area (Å²) in [4.78, 5) is 30.2. The van der Waals surface area contributed by atoms with Crippen molar-refractivity contribution in [3.05, 3.63) is 142 Å². The van der Waals surface area contributed by atoms with Crippen molar-refractivity contribution < 1.29 is 73.4 Å². The monoisotopic (exact) mass is 2200 g/mol. The molecule has 10 atom stereocenters. The third-order valence-corrected chi connectivity index (χ3v) is 33.3. The number of carbonyl (C=O) groups excluding carboxylic acids is 1. The van der Waals surface area contributed by atoms with Crippen molar-refractivity contribution in [3.8, 4) is 0 Å². The molecule has 9 fully saturated rings. The molecule has 0 radical (unpaired) electrons. The van der Waals surface area contributed by atoms with E-state index in [2.05, 4.69) is 213 Å². The molecule has 0 bridgehead atoms. The van der Waals surface area contributed by atoms with Crippen LogP contribution in [-0.4, -0.2) is 207 Å². The van der Waals surface area contributed by atoms with Crippen molar-refractivity contribution in [1.82, 2.24) is 20.2 Å². The Morgan fingerprint density at radius 1 is 0.395 bits per heavy atom. The fraction of sp³-hybridized carbons (Fsp3) is 0.752. The molecule has 0 spiro atoms. The second-order valence-corrected chi connectivity index (χ2v) is 56.3. The summed E-state index contributed by atoms with van der Waals surface area (Å²) >= 11 is 2.16. The quantitative estimate of drug-likeness (QED) is 0.0968. The molecule has 23 nitrogen and oxygen atoms in total. The fourth-order valence-corrected chi connectivity index (χ4v) is 18.0. The van der Waals surface area contributed by atoms with E-state index in [0.29, 0.717) is 23.9 Å². The molecule has 1 amide bonds. The Kier molecular flexibility index (Phi) is 80.3. The summed E-state index contributed by atoms with van der Waals surface area (Å²) in [7, 11) is -2.90. The number of sulfone groups is 1. The lowest BCUT2D eigenvalue weighted by Gasteiger charge is -2.36. The van der Waals surface area contributed by atoms with Crippen LogP contribution in [0, 0.1) is 29.6 Å². The SMILES string of the molecule is CC(C)(C)S(=O)(=O)CC1CCCCC1.CC(C)(C)S(=O)[O-].CC(C)(C)S(=O)[O-].CC(C)(C)S(=O)[O-].CC(C)(C)S(=O)[O-].CC1CCCCC1.CC1CCCCC1.CC1CCCCC1.CC1CCCCC1.CCc1ccc(N2CCN(C(C)=O)CC2)cc1.CCc1ccc(N2C[C@@H](C)O[C@@H](C)C2)nc1.CCc1ccc(N2C[C@@H](C)O[C@H](C)C2)nc1.CCc1ccc(S)cc1.CCc1cccc(Cl)c1.C[C@@H]1CNC[C@H](C)O1.O.O. The molecule has 4 aliphatic heterocycles. The van der Waals surface area contributed by atoms with E-state index in [9.17, 15) is 48.3 Å². The third-order valence-electron chi connectivity index (χ3n) is 26.0. The van der Waals surface area contributed by atoms with E-state index in [0.717, 1.165) is 156 Å². The molecule has 3 aromatic carbocycles. The lowest BCUT2D eigenvalue weighted by molar-refractivity contribution is -0.129. The van der Waals surface area contributed by atoms with Crippen LogP contribution < -0.4 is 20.0 Å². The molecule has 6 heterocycles. The number of anilines is 3. The van der Waals surface area contributed by atoms with Gasteiger partial charge in [0.15, 0.2) is 9.84 Å². The van der Waals surface area contributed by atoms with Crippen LogP contribution in [0.15, 0.2) is 114 Å². The van der Waals surface area contributed by atoms with E-state index >= 15 is 0 Å². The van der Waals surface area contributed by atoms with Gasteiger partial charge in [-0.2, -0.15) is 0 Å². The van der Waals surface area contributed by atoms with E-state index in [1.165, 1.54) is 181 Å². The van der Waals surface area contributed by atoms with Gasteiger partial charge >= 0.3 is 0 Å². The maximum Gasteiger partial charge on any atom is 0.219 e. The van der Waals surface area contributed by atoms with Crippen molar-refractivity contribution >= 4 is 102 Å². The summed E-state index contributed by atoms with van der Waals surface area (Å²) in [6, 6.07) is 33.4. The summed E-state index contributed by atoms with van der Waals surface area (Å²) in [5.74, 6) is 7.29. The third kappa shape index (κ3) is 73.6. The molecule has 30 heteroatoms. The Morgan fingerprint density at radius 2 is 0.667 bits per heavy atom. The van der Waals surface area contributed by atoms with Crippen molar-refractivity contribution in [2.75, 3.05) is 85.9 Å². The van der Waals surface area contributed by atoms with Gasteiger partial charge in [0.25, 0.3) is 0 Å². The lowest BCUT2D eigenvalue weighted by atomic mass is 9.91. The zero-order valence-electron chi connectivity index (χ0n) is 97.5. The Balaban J connectivity index is -0.00000153. The maximum absolute atomic E-state index is 11.9. The highest BCUT2D eigenvalue weighted by molar-refractivity contribution is 7.92. The largest absolute Gasteiger partial charge is 0.772 e. The van der Waals surface area contributed by atoms with Crippen LogP contribution >= 0.6 is 24.2 Å². The number of halogens is 1. The highest BCUT2D eigenvalue weighted by atomic mass is 35.5. The number of hydrogen-bond donors (Lipinski definition) is 2. The molecule has 14 rings (SSSR count). The molecule has 5 aromatic rings. The number of nitrogens with zero attached hydrogens (tertiary/aromatic N) is 6. The van der Waals surface area contributed by atoms with Crippen LogP contribution in [-0.2, 0) is 105 Å². The summed E-state index contributed by atoms with van der Waals surface area (Å²) in [5, 5.41) is 4.09. The topological polar surface area (TPSA) is 353 Å². The van der Waals surface area contributed by atoms with Crippen molar-refractivity contribution in [2.24, 2.45) is 29.6 Å². The van der Waals surface area contributed by atoms with E-state index in [-0.39, 0.29) is 41.3 Å². The molecule has 147 heavy (non-hydrogen) atoms. The Hall–Kier alpha value is -4.38. The molecule has 9 aliphatic rings. The molecule has 856 valence electrons. The average Bonchev–Trinajstić information content (AvgIpc) is 0.829. The highest BCUT2D eigenvalue weighted by Crippen LogP contribution is 2.31. The van der Waals surface area contributed by atoms with Gasteiger partial charge in [-0.1, -0.05) is 270 Å². The van der Waals surface area contributed by atoms with Gasteiger partial charge in [-0.05, 0) is 341 Å². The number of nitrogens with one attached hydrogen (secondary N) is 1. The van der Waals surface area contributed by atoms with E-state index in [1.807, 2.05) is 47.6 Å². The molecule has 4 saturated heterocycles. The molecular weight excluding hydrogens is 1990 g/mol. The Morgan fingerprint density at radius 3 is 0.884 bits per heavy atom. The minimum atomic E-state index is -2.90. The van der Waals surface area contributed by atoms with Crippen LogP contribution in [0.5, 0.6) is 0 Å². The average molecular weight is 2200 g/mol. The minimum absolute atomic E-state index is 0. The van der Waals surface area contributed by atoms with Gasteiger partial charge in [0.2, 0.25) is 5.91 Å². The lowest BCUT2D eigenvalue weighted by Crippen LogP contribution is -2.48. The number of ether oxygens (including phenoxy) is 3. The second-order valence-electron chi connectivity index (χ2n) is 45.8. The van der Waals surface area contributed by atoms with Crippen LogP contribution in [0.2, 0.25) is 5.02 Å². The van der Waals surface area contributed by atoms with Gasteiger partial charge in [0.05, 0.1) is 47.1 Å². The smallest absolute Gasteiger partial charge is 0.219 e. The van der Waals surface area contributed by atoms with Gasteiger partial charge in [-0.25, -0.2) is 18.4 Å². The standard InChI is InChI=1S/C14H20N2O.2C13H20N2O.C11H22O2S.C8H9Cl.C8H10S.4C7H14.C6H13NO.4C4H10O2S.2H2O/c1-3-13-4-6-14(7-5-13)16-10-8-15(9-11-16)12(2)17;2*1-4-12-5-6-13(14-7-12)15-8-10(2)16-11(3)9-15;1-11(2,3)14(12,13)9-10-7-5-4-6-8-10;1-2-7-4-3-5-8(9)6-7;1-2-7-3-5-8(9)6-4-7;4*1-7-5-3-2-4-6-7;1-5-3-7-4-6(2)8-5;4*1-4(2,3)7(5)6;;/h4-7H,3,8-11H2,1-2H3;2*5-7,10-11H,4,8-9H2,1-3H3;10H,4-9H2,1-3H3;3-6H,2H2,1H3;3-6,9H,2H2,1H3;4*7H,2-6H2,1H3;5-7H,3-4H2,1-2H3;4*1-3H3,(H,5,6);2*1H2/p-4/t;10-,11+;10-,11-;;;;;;;;5-,6+;;;;;;/m..1............../s1. The molecule has 5 saturated carbocycles. The number of aromatic nitrogens is 2. The van der Waals surface area contributed by atoms with E-state index < -0.39 is 77.9 Å². The molecule has 2 aromatic heterocycles. The first-order valence-corrected chi connectivity index (χ1v) is 61.8. The number of carbonyl (C=O) groups is 1. The number of benzene rings is 3. The molecule has 5 aliphatic carbocycles. The number of aryl methyl sites for hydroxylation is 5. The molecule has 5 N–H and O–H groups in total. The fourth-order valence-electron chi connectivity index (χ4n) is 16.2. The van der Waals surface area contributed by atoms with Gasteiger partial charge in [-0.15, -0.1) is 12.6 Å². The van der Waals surface area contributed by atoms with Gasteiger partial charge in [-0.3, -0.25) is 21.6 Å². The van der Waals surface area contributed by atoms with Gasteiger partial charge in [0.1, 0.15) is 11.6 Å². The Bertz CT molecular complexity index is 4050. The van der Waals surface area contributed by atoms with Crippen molar-refractivity contribution in [1.29, 1.82) is 0 Å². The zero-order chi connectivity index (χ0) is 110. The van der Waals surface area contributed by atoms with Crippen LogP contribution in [0.25, 0.3) is 0 Å². The van der Waals surface area contributed by atoms with Crippen molar-refractivity contribution in [3.63, 3.8) is 0 Å². The number of pyridine rings is 2. The predicted octanol–water partition coefficient (Wildman–Crippen LogP) is 26.4. The first kappa shape index (κ1) is 147. The van der Waals surface area contributed by atoms with E-state index in [4.69, 9.17) is 25.8 Å². The van der Waals surface area contributed by atoms with Gasteiger partial charge < -0.3 is 68.3 Å². The summed E-state index contributed by atoms with van der Waals surface area (Å²) in [6.07, 6.45) is 46.9. The summed E-state index contributed by atoms with van der Waals surface area (Å²) < 4.78 is 118. The number of piperazine rings is 1. The number of hydrogen-bond acceptors (Lipinski definition) is 21. The maximum atomic E-state index is 11.9. The number of morpholine rings is 3. The van der Waals surface area contributed by atoms with Crippen molar-refractivity contribution in [2.45, 2.75) is 473 Å². The second kappa shape index (κ2) is 80.4. The van der Waals surface area contributed by atoms with Gasteiger partial charge in [0, 0.05) is 119 Å². The first-order valence-electron chi connectivity index (χ1n) is 55.0. The number of rotatable bonds is 10. The summed E-state index contributed by atoms with van der Waals surface area (Å²) in [6.45, 7) is 68.9. The summed E-state index contributed by atoms with van der Waals surface area (Å²) in [5.41, 5.74) is 7.88. The highest BCUT2D eigenvalue weighted by Gasteiger charge is 2.33. The van der Waals surface area contributed by atoms with Crippen LogP contribution in [0.1, 0.15) is 403 Å².